The third-order valence-electron chi connectivity index (χ3n) is 1.87. The molecule has 1 aromatic carbocycles. The highest BCUT2D eigenvalue weighted by Gasteiger charge is 2.18. The van der Waals surface area contributed by atoms with Crippen molar-refractivity contribution in [2.45, 2.75) is 26.1 Å². The van der Waals surface area contributed by atoms with Gasteiger partial charge in [0.2, 0.25) is 8.32 Å². The fourth-order valence-corrected chi connectivity index (χ4v) is 2.74. The zero-order valence-corrected chi connectivity index (χ0v) is 12.4. The van der Waals surface area contributed by atoms with E-state index in [0.29, 0.717) is 21.4 Å². The highest BCUT2D eigenvalue weighted by atomic mass is 35.5. The molecular weight excluding hydrogens is 279 g/mol. The summed E-state index contributed by atoms with van der Waals surface area (Å²) in [6.45, 7) is 6.12. The predicted molar refractivity (Wildman–Crippen MR) is 71.8 cm³/mol. The van der Waals surface area contributed by atoms with E-state index in [1.807, 2.05) is 19.6 Å². The second-order valence-electron chi connectivity index (χ2n) is 4.65. The van der Waals surface area contributed by atoms with Crippen molar-refractivity contribution in [1.29, 1.82) is 0 Å². The minimum absolute atomic E-state index is 0.190. The monoisotopic (exact) mass is 292 g/mol. The van der Waals surface area contributed by atoms with E-state index >= 15 is 0 Å². The molecule has 1 N–H and O–H groups in total. The smallest absolute Gasteiger partial charge is 0.307 e. The number of rotatable bonds is 4. The molecule has 0 radical (unpaired) electrons. The summed E-state index contributed by atoms with van der Waals surface area (Å²) in [7, 11) is -1.73. The minimum atomic E-state index is -1.73. The van der Waals surface area contributed by atoms with Gasteiger partial charge in [-0.1, -0.05) is 23.2 Å². The lowest BCUT2D eigenvalue weighted by Gasteiger charge is -2.20. The molecule has 0 saturated carbocycles. The third-order valence-corrected chi connectivity index (χ3v) is 3.39. The van der Waals surface area contributed by atoms with Crippen LogP contribution >= 0.6 is 23.2 Å². The van der Waals surface area contributed by atoms with Gasteiger partial charge in [-0.3, -0.25) is 4.79 Å². The van der Waals surface area contributed by atoms with Crippen molar-refractivity contribution in [3.8, 4) is 5.75 Å². The number of halogens is 2. The van der Waals surface area contributed by atoms with E-state index in [0.717, 1.165) is 0 Å². The van der Waals surface area contributed by atoms with Gasteiger partial charge in [-0.2, -0.15) is 0 Å². The van der Waals surface area contributed by atoms with Crippen LogP contribution in [-0.2, 0) is 11.2 Å². The maximum absolute atomic E-state index is 10.6. The van der Waals surface area contributed by atoms with Crippen LogP contribution in [0.2, 0.25) is 29.7 Å². The van der Waals surface area contributed by atoms with Crippen LogP contribution in [0.5, 0.6) is 5.75 Å². The lowest BCUT2D eigenvalue weighted by Crippen LogP contribution is -2.29. The van der Waals surface area contributed by atoms with E-state index in [9.17, 15) is 4.79 Å². The fraction of sp³-hybridized carbons (Fsp3) is 0.364. The maximum atomic E-state index is 10.6. The van der Waals surface area contributed by atoms with Gasteiger partial charge in [0.1, 0.15) is 5.75 Å². The molecule has 17 heavy (non-hydrogen) atoms. The van der Waals surface area contributed by atoms with Gasteiger partial charge in [0, 0.05) is 15.6 Å². The van der Waals surface area contributed by atoms with E-state index in [4.69, 9.17) is 32.7 Å². The van der Waals surface area contributed by atoms with Gasteiger partial charge in [-0.05, 0) is 31.8 Å². The molecule has 0 aliphatic rings. The Kier molecular flexibility index (Phi) is 4.46. The van der Waals surface area contributed by atoms with Crippen LogP contribution in [0.3, 0.4) is 0 Å². The summed E-state index contributed by atoms with van der Waals surface area (Å²) in [6, 6.07) is 3.23. The number of carboxylic acids is 1. The fourth-order valence-electron chi connectivity index (χ4n) is 1.31. The molecule has 0 unspecified atom stereocenters. The summed E-state index contributed by atoms with van der Waals surface area (Å²) in [4.78, 5) is 10.6. The Hall–Kier alpha value is -0.713. The molecule has 0 heterocycles. The van der Waals surface area contributed by atoms with Crippen LogP contribution in [0.25, 0.3) is 0 Å². The van der Waals surface area contributed by atoms with Gasteiger partial charge in [0.25, 0.3) is 0 Å². The quantitative estimate of drug-likeness (QED) is 0.858. The number of hydrogen-bond donors (Lipinski definition) is 1. The molecule has 1 aromatic rings. The zero-order valence-electron chi connectivity index (χ0n) is 9.88. The van der Waals surface area contributed by atoms with Crippen LogP contribution in [0.15, 0.2) is 12.1 Å². The molecule has 0 aliphatic heterocycles. The minimum Gasteiger partial charge on any atom is -0.544 e. The lowest BCUT2D eigenvalue weighted by atomic mass is 10.1. The van der Waals surface area contributed by atoms with E-state index in [1.54, 1.807) is 12.1 Å². The molecule has 0 spiro atoms. The lowest BCUT2D eigenvalue weighted by molar-refractivity contribution is -0.136. The molecule has 0 amide bonds. The van der Waals surface area contributed by atoms with E-state index < -0.39 is 14.3 Å². The van der Waals surface area contributed by atoms with Gasteiger partial charge in [-0.25, -0.2) is 0 Å². The summed E-state index contributed by atoms with van der Waals surface area (Å²) in [5, 5.41) is 9.38. The largest absolute Gasteiger partial charge is 0.544 e. The highest BCUT2D eigenvalue weighted by Crippen LogP contribution is 2.31. The number of carbonyl (C=O) groups is 1. The normalized spacial score (nSPS) is 11.4. The zero-order chi connectivity index (χ0) is 13.2. The summed E-state index contributed by atoms with van der Waals surface area (Å²) >= 11 is 12.0. The van der Waals surface area contributed by atoms with Crippen LogP contribution in [0.4, 0.5) is 0 Å². The summed E-state index contributed by atoms with van der Waals surface area (Å²) in [5.74, 6) is -0.374. The van der Waals surface area contributed by atoms with Gasteiger partial charge < -0.3 is 9.53 Å². The Bertz CT molecular complexity index is 418. The van der Waals surface area contributed by atoms with E-state index in [2.05, 4.69) is 0 Å². The molecule has 1 rings (SSSR count). The molecule has 0 saturated heterocycles. The van der Waals surface area contributed by atoms with Crippen molar-refractivity contribution >= 4 is 37.5 Å². The Morgan fingerprint density at radius 2 is 1.76 bits per heavy atom. The van der Waals surface area contributed by atoms with Crippen molar-refractivity contribution in [1.82, 2.24) is 0 Å². The number of aliphatic carboxylic acids is 1. The second kappa shape index (κ2) is 5.29. The highest BCUT2D eigenvalue weighted by molar-refractivity contribution is 6.70. The Morgan fingerprint density at radius 1 is 1.29 bits per heavy atom. The average molecular weight is 293 g/mol. The summed E-state index contributed by atoms with van der Waals surface area (Å²) in [6.07, 6.45) is -0.190. The van der Waals surface area contributed by atoms with Crippen molar-refractivity contribution in [2.24, 2.45) is 0 Å². The van der Waals surface area contributed by atoms with Crippen LogP contribution in [-0.4, -0.2) is 19.4 Å². The van der Waals surface area contributed by atoms with Gasteiger partial charge in [0.15, 0.2) is 0 Å². The number of hydrogen-bond acceptors (Lipinski definition) is 2. The van der Waals surface area contributed by atoms with Crippen molar-refractivity contribution in [3.63, 3.8) is 0 Å². The molecule has 0 fully saturated rings. The number of carboxylic acid groups (broad SMARTS) is 1. The third kappa shape index (κ3) is 4.58. The van der Waals surface area contributed by atoms with Crippen LogP contribution in [0, 0.1) is 0 Å². The predicted octanol–water partition coefficient (Wildman–Crippen LogP) is 3.83. The van der Waals surface area contributed by atoms with Gasteiger partial charge >= 0.3 is 5.97 Å². The molecular formula is C11H14Cl2O3Si. The molecule has 94 valence electrons. The van der Waals surface area contributed by atoms with Crippen molar-refractivity contribution < 1.29 is 14.3 Å². The van der Waals surface area contributed by atoms with Crippen molar-refractivity contribution in [2.75, 3.05) is 0 Å². The topological polar surface area (TPSA) is 46.5 Å². The molecule has 0 bridgehead atoms. The molecule has 0 aliphatic carbocycles. The SMILES string of the molecule is C[Si](C)(C)Oc1cc(Cl)c(CC(=O)O)c(Cl)c1. The Balaban J connectivity index is 3.05. The van der Waals surface area contributed by atoms with Crippen LogP contribution < -0.4 is 4.43 Å². The summed E-state index contributed by atoms with van der Waals surface area (Å²) < 4.78 is 5.75. The first-order valence-corrected chi connectivity index (χ1v) is 9.24. The standard InChI is InChI=1S/C11H14Cl2O3Si/c1-17(2,3)16-7-4-9(12)8(6-11(14)15)10(13)5-7/h4-5H,6H2,1-3H3,(H,14,15). The van der Waals surface area contributed by atoms with E-state index in [1.165, 1.54) is 0 Å². The van der Waals surface area contributed by atoms with Crippen LogP contribution in [0.1, 0.15) is 5.56 Å². The second-order valence-corrected chi connectivity index (χ2v) is 9.89. The molecule has 6 heteroatoms. The number of benzene rings is 1. The molecule has 0 atom stereocenters. The van der Waals surface area contributed by atoms with Gasteiger partial charge in [-0.15, -0.1) is 0 Å². The first-order chi connectivity index (χ1) is 7.69. The first-order valence-electron chi connectivity index (χ1n) is 5.08. The summed E-state index contributed by atoms with van der Waals surface area (Å²) in [5.41, 5.74) is 0.420. The molecule has 3 nitrogen and oxygen atoms in total. The first kappa shape index (κ1) is 14.3. The maximum Gasteiger partial charge on any atom is 0.307 e. The van der Waals surface area contributed by atoms with Crippen molar-refractivity contribution in [3.05, 3.63) is 27.7 Å². The van der Waals surface area contributed by atoms with E-state index in [-0.39, 0.29) is 6.42 Å². The van der Waals surface area contributed by atoms with Gasteiger partial charge in [0.05, 0.1) is 6.42 Å². The average Bonchev–Trinajstić information content (AvgIpc) is 2.08. The Morgan fingerprint density at radius 3 is 2.12 bits per heavy atom. The Labute approximate surface area is 111 Å². The molecule has 0 aromatic heterocycles.